The molecule has 0 aliphatic heterocycles. The molecule has 98 valence electrons. The summed E-state index contributed by atoms with van der Waals surface area (Å²) in [6, 6.07) is 7.23. The van der Waals surface area contributed by atoms with Crippen LogP contribution in [0.1, 0.15) is 23.7 Å². The molecule has 1 amide bonds. The number of halogens is 1. The van der Waals surface area contributed by atoms with Crippen molar-refractivity contribution in [2.75, 3.05) is 6.54 Å². The van der Waals surface area contributed by atoms with Crippen molar-refractivity contribution in [2.24, 2.45) is 5.92 Å². The van der Waals surface area contributed by atoms with Crippen LogP contribution in [0.4, 0.5) is 4.39 Å². The SMILES string of the molecule is C[C@H]1CC1(C#N)N(C=O)CC(=O)c1ccc(F)cc1. The molecule has 2 rings (SSSR count). The largest absolute Gasteiger partial charge is 0.319 e. The van der Waals surface area contributed by atoms with E-state index >= 15 is 0 Å². The molecule has 1 aliphatic carbocycles. The van der Waals surface area contributed by atoms with Gasteiger partial charge in [-0.1, -0.05) is 6.92 Å². The van der Waals surface area contributed by atoms with E-state index in [0.717, 1.165) is 0 Å². The quantitative estimate of drug-likeness (QED) is 0.598. The normalized spacial score (nSPS) is 24.4. The Hall–Kier alpha value is -2.22. The Labute approximate surface area is 110 Å². The van der Waals surface area contributed by atoms with Gasteiger partial charge < -0.3 is 4.90 Å². The maximum Gasteiger partial charge on any atom is 0.211 e. The van der Waals surface area contributed by atoms with Crippen molar-refractivity contribution in [3.05, 3.63) is 35.6 Å². The minimum atomic E-state index is -0.850. The standard InChI is InChI=1S/C14H13FN2O2/c1-10-6-14(10,8-16)17(9-18)7-13(19)11-2-4-12(15)5-3-11/h2-5,9-10H,6-7H2,1H3/t10-,14?/m0/s1. The third kappa shape index (κ3) is 2.34. The zero-order chi connectivity index (χ0) is 14.0. The number of carbonyl (C=O) groups excluding carboxylic acids is 2. The molecule has 1 saturated carbocycles. The lowest BCUT2D eigenvalue weighted by Crippen LogP contribution is -2.40. The molecule has 0 aromatic heterocycles. The van der Waals surface area contributed by atoms with Crippen LogP contribution >= 0.6 is 0 Å². The average molecular weight is 260 g/mol. The highest BCUT2D eigenvalue weighted by molar-refractivity contribution is 5.98. The zero-order valence-electron chi connectivity index (χ0n) is 10.5. The van der Waals surface area contributed by atoms with Crippen molar-refractivity contribution in [2.45, 2.75) is 18.9 Å². The number of amides is 1. The summed E-state index contributed by atoms with van der Waals surface area (Å²) >= 11 is 0. The predicted octanol–water partition coefficient (Wildman–Crippen LogP) is 1.77. The molecule has 0 bridgehead atoms. The number of rotatable bonds is 5. The van der Waals surface area contributed by atoms with Gasteiger partial charge in [-0.3, -0.25) is 9.59 Å². The molecule has 2 atom stereocenters. The van der Waals surface area contributed by atoms with Crippen molar-refractivity contribution in [3.63, 3.8) is 0 Å². The predicted molar refractivity (Wildman–Crippen MR) is 65.6 cm³/mol. The number of benzene rings is 1. The second-order valence-electron chi connectivity index (χ2n) is 4.80. The number of hydrogen-bond donors (Lipinski definition) is 0. The lowest BCUT2D eigenvalue weighted by Gasteiger charge is -2.22. The Morgan fingerprint density at radius 1 is 1.58 bits per heavy atom. The summed E-state index contributed by atoms with van der Waals surface area (Å²) in [4.78, 5) is 24.3. The van der Waals surface area contributed by atoms with Gasteiger partial charge in [0.05, 0.1) is 12.6 Å². The van der Waals surface area contributed by atoms with Crippen LogP contribution in [0, 0.1) is 23.1 Å². The number of ketones is 1. The fraction of sp³-hybridized carbons (Fsp3) is 0.357. The van der Waals surface area contributed by atoms with E-state index in [-0.39, 0.29) is 18.2 Å². The first-order valence-electron chi connectivity index (χ1n) is 5.95. The van der Waals surface area contributed by atoms with Crippen LogP contribution in [0.5, 0.6) is 0 Å². The minimum absolute atomic E-state index is 0.0729. The van der Waals surface area contributed by atoms with Gasteiger partial charge in [0.1, 0.15) is 11.4 Å². The number of nitrogens with zero attached hydrogens (tertiary/aromatic N) is 2. The second-order valence-corrected chi connectivity index (χ2v) is 4.80. The van der Waals surface area contributed by atoms with E-state index in [0.29, 0.717) is 18.4 Å². The number of Topliss-reactive ketones (excluding diaryl/α,β-unsaturated/α-hetero) is 1. The Bertz CT molecular complexity index is 550. The first kappa shape index (κ1) is 13.2. The highest BCUT2D eigenvalue weighted by Crippen LogP contribution is 2.47. The van der Waals surface area contributed by atoms with Crippen LogP contribution in [0.3, 0.4) is 0 Å². The van der Waals surface area contributed by atoms with Gasteiger partial charge >= 0.3 is 0 Å². The molecule has 1 fully saturated rings. The summed E-state index contributed by atoms with van der Waals surface area (Å²) < 4.78 is 12.8. The molecule has 0 spiro atoms. The van der Waals surface area contributed by atoms with Gasteiger partial charge in [0.15, 0.2) is 5.78 Å². The van der Waals surface area contributed by atoms with E-state index in [1.54, 1.807) is 0 Å². The van der Waals surface area contributed by atoms with E-state index in [2.05, 4.69) is 6.07 Å². The lowest BCUT2D eigenvalue weighted by atomic mass is 10.1. The van der Waals surface area contributed by atoms with E-state index in [1.807, 2.05) is 6.92 Å². The maximum atomic E-state index is 12.8. The number of hydrogen-bond acceptors (Lipinski definition) is 3. The first-order chi connectivity index (χ1) is 9.03. The van der Waals surface area contributed by atoms with Gasteiger partial charge in [0.2, 0.25) is 6.41 Å². The van der Waals surface area contributed by atoms with Crippen LogP contribution < -0.4 is 0 Å². The van der Waals surface area contributed by atoms with Gasteiger partial charge in [-0.2, -0.15) is 5.26 Å². The molecular formula is C14H13FN2O2. The summed E-state index contributed by atoms with van der Waals surface area (Å²) in [6.07, 6.45) is 1.12. The summed E-state index contributed by atoms with van der Waals surface area (Å²) in [5.74, 6) is -0.655. The first-order valence-corrected chi connectivity index (χ1v) is 5.95. The molecular weight excluding hydrogens is 247 g/mol. The van der Waals surface area contributed by atoms with E-state index in [4.69, 9.17) is 5.26 Å². The van der Waals surface area contributed by atoms with Crippen molar-refractivity contribution >= 4 is 12.2 Å². The summed E-state index contributed by atoms with van der Waals surface area (Å²) in [5.41, 5.74) is -0.521. The summed E-state index contributed by atoms with van der Waals surface area (Å²) in [7, 11) is 0. The van der Waals surface area contributed by atoms with Crippen LogP contribution in [0.2, 0.25) is 0 Å². The fourth-order valence-electron chi connectivity index (χ4n) is 2.18. The van der Waals surface area contributed by atoms with E-state index in [1.165, 1.54) is 29.2 Å². The average Bonchev–Trinajstić information content (AvgIpc) is 3.08. The van der Waals surface area contributed by atoms with Crippen molar-refractivity contribution in [1.82, 2.24) is 4.90 Å². The van der Waals surface area contributed by atoms with Gasteiger partial charge in [-0.05, 0) is 36.6 Å². The van der Waals surface area contributed by atoms with E-state index < -0.39 is 11.4 Å². The van der Waals surface area contributed by atoms with Gasteiger partial charge in [-0.15, -0.1) is 0 Å². The van der Waals surface area contributed by atoms with Crippen LogP contribution in [0.25, 0.3) is 0 Å². The molecule has 5 heteroatoms. The van der Waals surface area contributed by atoms with Crippen molar-refractivity contribution in [1.29, 1.82) is 5.26 Å². The van der Waals surface area contributed by atoms with Crippen molar-refractivity contribution in [3.8, 4) is 6.07 Å². The third-order valence-corrected chi connectivity index (χ3v) is 3.59. The molecule has 19 heavy (non-hydrogen) atoms. The summed E-state index contributed by atoms with van der Waals surface area (Å²) in [6.45, 7) is 1.70. The van der Waals surface area contributed by atoms with E-state index in [9.17, 15) is 14.0 Å². The van der Waals surface area contributed by atoms with Crippen molar-refractivity contribution < 1.29 is 14.0 Å². The fourth-order valence-corrected chi connectivity index (χ4v) is 2.18. The summed E-state index contributed by atoms with van der Waals surface area (Å²) in [5, 5.41) is 9.14. The molecule has 1 aromatic rings. The molecule has 0 N–H and O–H groups in total. The van der Waals surface area contributed by atoms with Gasteiger partial charge in [0, 0.05) is 5.56 Å². The van der Waals surface area contributed by atoms with Crippen LogP contribution in [-0.4, -0.2) is 29.2 Å². The molecule has 0 heterocycles. The Morgan fingerprint density at radius 3 is 2.58 bits per heavy atom. The monoisotopic (exact) mass is 260 g/mol. The number of carbonyl (C=O) groups is 2. The zero-order valence-corrected chi connectivity index (χ0v) is 10.5. The molecule has 0 radical (unpaired) electrons. The highest BCUT2D eigenvalue weighted by atomic mass is 19.1. The molecule has 1 unspecified atom stereocenters. The number of nitriles is 1. The third-order valence-electron chi connectivity index (χ3n) is 3.59. The highest BCUT2D eigenvalue weighted by Gasteiger charge is 2.56. The van der Waals surface area contributed by atoms with Crippen LogP contribution in [-0.2, 0) is 4.79 Å². The Balaban J connectivity index is 2.12. The van der Waals surface area contributed by atoms with Gasteiger partial charge in [0.25, 0.3) is 0 Å². The topological polar surface area (TPSA) is 61.2 Å². The smallest absolute Gasteiger partial charge is 0.211 e. The van der Waals surface area contributed by atoms with Crippen LogP contribution in [0.15, 0.2) is 24.3 Å². The molecule has 0 saturated heterocycles. The molecule has 1 aromatic carbocycles. The van der Waals surface area contributed by atoms with Gasteiger partial charge in [-0.25, -0.2) is 4.39 Å². The minimum Gasteiger partial charge on any atom is -0.319 e. The Morgan fingerprint density at radius 2 is 2.16 bits per heavy atom. The molecule has 1 aliphatic rings. The lowest BCUT2D eigenvalue weighted by molar-refractivity contribution is -0.119. The molecule has 4 nitrogen and oxygen atoms in total. The second kappa shape index (κ2) is 4.81. The Kier molecular flexibility index (Phi) is 3.34. The maximum absolute atomic E-state index is 12.8.